The second kappa shape index (κ2) is 4.02. The van der Waals surface area contributed by atoms with Gasteiger partial charge >= 0.3 is 0 Å². The van der Waals surface area contributed by atoms with Crippen molar-refractivity contribution in [2.45, 2.75) is 6.92 Å². The number of amides is 1. The zero-order valence-electron chi connectivity index (χ0n) is 8.08. The third-order valence-electron chi connectivity index (χ3n) is 1.90. The maximum atomic E-state index is 11.1. The molecule has 0 saturated carbocycles. The maximum absolute atomic E-state index is 11.1. The molecular weight excluding hydrogens is 260 g/mol. The third-order valence-corrected chi connectivity index (χ3v) is 2.41. The van der Waals surface area contributed by atoms with E-state index in [1.165, 1.54) is 0 Å². The molecule has 0 fully saturated rings. The highest BCUT2D eigenvalue weighted by molar-refractivity contribution is 9.09. The van der Waals surface area contributed by atoms with Gasteiger partial charge in [-0.15, -0.1) is 0 Å². The van der Waals surface area contributed by atoms with Gasteiger partial charge in [0.05, 0.1) is 5.33 Å². The number of halogens is 1. The van der Waals surface area contributed by atoms with Crippen molar-refractivity contribution in [3.63, 3.8) is 0 Å². The highest BCUT2D eigenvalue weighted by Crippen LogP contribution is 2.19. The van der Waals surface area contributed by atoms with Crippen molar-refractivity contribution in [1.82, 2.24) is 4.98 Å². The van der Waals surface area contributed by atoms with E-state index in [1.54, 1.807) is 25.1 Å². The van der Waals surface area contributed by atoms with E-state index >= 15 is 0 Å². The summed E-state index contributed by atoms with van der Waals surface area (Å²) in [7, 11) is 0. The molecule has 1 heterocycles. The van der Waals surface area contributed by atoms with E-state index in [4.69, 9.17) is 4.42 Å². The Kier molecular flexibility index (Phi) is 2.73. The Morgan fingerprint density at radius 1 is 1.60 bits per heavy atom. The maximum Gasteiger partial charge on any atom is 0.235 e. The number of aromatic nitrogens is 1. The lowest BCUT2D eigenvalue weighted by atomic mass is 10.3. The van der Waals surface area contributed by atoms with Crippen molar-refractivity contribution in [3.05, 3.63) is 24.1 Å². The van der Waals surface area contributed by atoms with Crippen LogP contribution in [0.2, 0.25) is 0 Å². The molecule has 78 valence electrons. The topological polar surface area (TPSA) is 55.1 Å². The Morgan fingerprint density at radius 2 is 2.40 bits per heavy atom. The van der Waals surface area contributed by atoms with E-state index in [1.807, 2.05) is 0 Å². The fraction of sp³-hybridized carbons (Fsp3) is 0.200. The predicted molar refractivity (Wildman–Crippen MR) is 61.2 cm³/mol. The molecule has 15 heavy (non-hydrogen) atoms. The molecule has 1 aromatic heterocycles. The second-order valence-corrected chi connectivity index (χ2v) is 3.66. The van der Waals surface area contributed by atoms with Crippen LogP contribution in [0.5, 0.6) is 0 Å². The van der Waals surface area contributed by atoms with Crippen molar-refractivity contribution in [1.29, 1.82) is 0 Å². The lowest BCUT2D eigenvalue weighted by Crippen LogP contribution is -2.11. The minimum atomic E-state index is -0.0884. The number of benzene rings is 1. The van der Waals surface area contributed by atoms with Gasteiger partial charge in [-0.05, 0) is 18.2 Å². The zero-order chi connectivity index (χ0) is 10.8. The van der Waals surface area contributed by atoms with Crippen molar-refractivity contribution in [3.8, 4) is 0 Å². The molecule has 2 aromatic rings. The number of oxazole rings is 1. The number of nitrogens with zero attached hydrogens (tertiary/aromatic N) is 1. The van der Waals surface area contributed by atoms with Gasteiger partial charge in [0.15, 0.2) is 11.5 Å². The molecule has 0 bridgehead atoms. The summed E-state index contributed by atoms with van der Waals surface area (Å²) in [4.78, 5) is 15.3. The van der Waals surface area contributed by atoms with Gasteiger partial charge in [-0.2, -0.15) is 0 Å². The highest BCUT2D eigenvalue weighted by atomic mass is 79.9. The number of nitrogens with one attached hydrogen (secondary N) is 1. The average molecular weight is 269 g/mol. The minimum Gasteiger partial charge on any atom is -0.441 e. The number of hydrogen-bond donors (Lipinski definition) is 1. The summed E-state index contributed by atoms with van der Waals surface area (Å²) in [6.45, 7) is 1.79. The number of fused-ring (bicyclic) bond motifs is 1. The van der Waals surface area contributed by atoms with Crippen LogP contribution in [0.4, 0.5) is 5.69 Å². The number of anilines is 1. The quantitative estimate of drug-likeness (QED) is 0.852. The molecule has 0 atom stereocenters. The van der Waals surface area contributed by atoms with Crippen LogP contribution in [0.15, 0.2) is 22.6 Å². The smallest absolute Gasteiger partial charge is 0.235 e. The van der Waals surface area contributed by atoms with Crippen LogP contribution in [0.1, 0.15) is 5.89 Å². The molecule has 0 aliphatic rings. The molecule has 0 radical (unpaired) electrons. The van der Waals surface area contributed by atoms with E-state index in [0.717, 1.165) is 16.8 Å². The van der Waals surface area contributed by atoms with Gasteiger partial charge in [0, 0.05) is 12.6 Å². The van der Waals surface area contributed by atoms with Gasteiger partial charge in [0.2, 0.25) is 5.91 Å². The first-order valence-electron chi connectivity index (χ1n) is 4.42. The molecule has 1 aromatic carbocycles. The van der Waals surface area contributed by atoms with E-state index in [2.05, 4.69) is 26.2 Å². The molecule has 0 aliphatic carbocycles. The van der Waals surface area contributed by atoms with Crippen LogP contribution >= 0.6 is 15.9 Å². The molecule has 1 amide bonds. The lowest BCUT2D eigenvalue weighted by Gasteiger charge is -2.01. The summed E-state index contributed by atoms with van der Waals surface area (Å²) in [5.41, 5.74) is 2.20. The Labute approximate surface area is 94.8 Å². The van der Waals surface area contributed by atoms with Gasteiger partial charge in [-0.3, -0.25) is 4.79 Å². The van der Waals surface area contributed by atoms with Crippen LogP contribution in [-0.4, -0.2) is 16.2 Å². The normalized spacial score (nSPS) is 10.5. The summed E-state index contributed by atoms with van der Waals surface area (Å²) >= 11 is 3.08. The SMILES string of the molecule is Cc1nc2cc(NC(=O)CBr)ccc2o1. The Morgan fingerprint density at radius 3 is 3.13 bits per heavy atom. The fourth-order valence-electron chi connectivity index (χ4n) is 1.31. The molecule has 4 nitrogen and oxygen atoms in total. The molecule has 5 heteroatoms. The van der Waals surface area contributed by atoms with Crippen LogP contribution in [-0.2, 0) is 4.79 Å². The van der Waals surface area contributed by atoms with Crippen LogP contribution < -0.4 is 5.32 Å². The minimum absolute atomic E-state index is 0.0884. The number of rotatable bonds is 2. The average Bonchev–Trinajstić information content (AvgIpc) is 2.57. The Hall–Kier alpha value is -1.36. The van der Waals surface area contributed by atoms with Crippen molar-refractivity contribution < 1.29 is 9.21 Å². The third kappa shape index (κ3) is 2.18. The van der Waals surface area contributed by atoms with Crippen molar-refractivity contribution >= 4 is 38.6 Å². The van der Waals surface area contributed by atoms with Gasteiger partial charge < -0.3 is 9.73 Å². The first kappa shape index (κ1) is 10.2. The molecule has 0 aliphatic heterocycles. The Bertz CT molecular complexity index is 507. The van der Waals surface area contributed by atoms with E-state index in [-0.39, 0.29) is 11.2 Å². The summed E-state index contributed by atoms with van der Waals surface area (Å²) in [5.74, 6) is 0.531. The van der Waals surface area contributed by atoms with Gasteiger partial charge in [-0.1, -0.05) is 15.9 Å². The molecular formula is C10H9BrN2O2. The second-order valence-electron chi connectivity index (χ2n) is 3.10. The van der Waals surface area contributed by atoms with Crippen LogP contribution in [0, 0.1) is 6.92 Å². The van der Waals surface area contributed by atoms with Gasteiger partial charge in [-0.25, -0.2) is 4.98 Å². The summed E-state index contributed by atoms with van der Waals surface area (Å²) in [6, 6.07) is 5.36. The molecule has 1 N–H and O–H groups in total. The summed E-state index contributed by atoms with van der Waals surface area (Å²) in [5, 5.41) is 3.01. The van der Waals surface area contributed by atoms with Gasteiger partial charge in [0.25, 0.3) is 0 Å². The van der Waals surface area contributed by atoms with Crippen LogP contribution in [0.25, 0.3) is 11.1 Å². The fourth-order valence-corrected chi connectivity index (χ4v) is 1.45. The van der Waals surface area contributed by atoms with Crippen molar-refractivity contribution in [2.24, 2.45) is 0 Å². The van der Waals surface area contributed by atoms with E-state index < -0.39 is 0 Å². The summed E-state index contributed by atoms with van der Waals surface area (Å²) in [6.07, 6.45) is 0. The first-order valence-corrected chi connectivity index (χ1v) is 5.54. The standard InChI is InChI=1S/C10H9BrN2O2/c1-6-12-8-4-7(13-10(14)5-11)2-3-9(8)15-6/h2-4H,5H2,1H3,(H,13,14). The molecule has 0 saturated heterocycles. The Balaban J connectivity index is 2.33. The monoisotopic (exact) mass is 268 g/mol. The highest BCUT2D eigenvalue weighted by Gasteiger charge is 2.04. The first-order chi connectivity index (χ1) is 7.19. The summed E-state index contributed by atoms with van der Waals surface area (Å²) < 4.78 is 5.32. The number of hydrogen-bond acceptors (Lipinski definition) is 3. The van der Waals surface area contributed by atoms with Crippen LogP contribution in [0.3, 0.4) is 0 Å². The molecule has 2 rings (SSSR count). The number of carbonyl (C=O) groups excluding carboxylic acids is 1. The number of aryl methyl sites for hydroxylation is 1. The van der Waals surface area contributed by atoms with E-state index in [0.29, 0.717) is 5.89 Å². The molecule has 0 spiro atoms. The molecule has 0 unspecified atom stereocenters. The predicted octanol–water partition coefficient (Wildman–Crippen LogP) is 2.47. The zero-order valence-corrected chi connectivity index (χ0v) is 9.67. The van der Waals surface area contributed by atoms with Crippen molar-refractivity contribution in [2.75, 3.05) is 10.6 Å². The number of alkyl halides is 1. The van der Waals surface area contributed by atoms with E-state index in [9.17, 15) is 4.79 Å². The van der Waals surface area contributed by atoms with Gasteiger partial charge in [0.1, 0.15) is 5.52 Å². The lowest BCUT2D eigenvalue weighted by molar-refractivity contribution is -0.113. The largest absolute Gasteiger partial charge is 0.441 e. The number of carbonyl (C=O) groups is 1.